The van der Waals surface area contributed by atoms with Crippen LogP contribution in [0.1, 0.15) is 50.1 Å². The van der Waals surface area contributed by atoms with Crippen molar-refractivity contribution in [1.29, 1.82) is 0 Å². The van der Waals surface area contributed by atoms with Crippen LogP contribution in [0.2, 0.25) is 0 Å². The summed E-state index contributed by atoms with van der Waals surface area (Å²) in [6.45, 7) is 0.702. The Balaban J connectivity index is 1.65. The summed E-state index contributed by atoms with van der Waals surface area (Å²) in [6.07, 6.45) is 6.35. The molecule has 3 rings (SSSR count). The van der Waals surface area contributed by atoms with E-state index in [4.69, 9.17) is 0 Å². The smallest absolute Gasteiger partial charge is 0.315 e. The van der Waals surface area contributed by atoms with E-state index in [2.05, 4.69) is 28.1 Å². The molecule has 0 spiro atoms. The minimum atomic E-state index is -0.413. The summed E-state index contributed by atoms with van der Waals surface area (Å²) in [5, 5.41) is 8.74. The molecule has 2 aliphatic rings. The van der Waals surface area contributed by atoms with Crippen LogP contribution in [0.4, 0.5) is 4.79 Å². The predicted octanol–water partition coefficient (Wildman–Crippen LogP) is 2.50. The zero-order valence-corrected chi connectivity index (χ0v) is 13.4. The fourth-order valence-corrected chi connectivity index (χ4v) is 3.68. The van der Waals surface area contributed by atoms with E-state index in [0.717, 1.165) is 24.8 Å². The highest BCUT2D eigenvalue weighted by molar-refractivity contribution is 5.87. The Bertz CT molecular complexity index is 540. The Morgan fingerprint density at radius 3 is 2.52 bits per heavy atom. The van der Waals surface area contributed by atoms with Crippen molar-refractivity contribution < 1.29 is 9.59 Å². The standard InChI is InChI=1S/C18H25N3O2/c22-17-15(11-6-12-19-17)20-18(23)21-16(14-9-4-5-10-14)13-7-2-1-3-8-13/h1-3,7-8,14-16H,4-6,9-12H2,(H,19,22)(H2,20,21,23)/t15-,16+/m1/s1. The molecule has 3 N–H and O–H groups in total. The van der Waals surface area contributed by atoms with Gasteiger partial charge in [0, 0.05) is 6.54 Å². The van der Waals surface area contributed by atoms with Gasteiger partial charge in [-0.3, -0.25) is 4.79 Å². The van der Waals surface area contributed by atoms with E-state index in [0.29, 0.717) is 18.9 Å². The number of amides is 3. The first kappa shape index (κ1) is 15.8. The van der Waals surface area contributed by atoms with Gasteiger partial charge in [-0.2, -0.15) is 0 Å². The number of nitrogens with one attached hydrogen (secondary N) is 3. The van der Waals surface area contributed by atoms with Gasteiger partial charge in [-0.25, -0.2) is 4.79 Å². The summed E-state index contributed by atoms with van der Waals surface area (Å²) < 4.78 is 0. The van der Waals surface area contributed by atoms with E-state index in [-0.39, 0.29) is 18.0 Å². The molecule has 23 heavy (non-hydrogen) atoms. The summed E-state index contributed by atoms with van der Waals surface area (Å²) in [6, 6.07) is 9.49. The Morgan fingerprint density at radius 1 is 1.09 bits per heavy atom. The SMILES string of the molecule is O=C(N[C@@H]1CCCNC1=O)N[C@@H](c1ccccc1)C1CCCC1. The van der Waals surface area contributed by atoms with Crippen molar-refractivity contribution in [2.24, 2.45) is 5.92 Å². The molecule has 5 nitrogen and oxygen atoms in total. The lowest BCUT2D eigenvalue weighted by Crippen LogP contribution is -2.53. The molecule has 0 aromatic heterocycles. The average molecular weight is 315 g/mol. The van der Waals surface area contributed by atoms with Crippen LogP contribution in [0, 0.1) is 5.92 Å². The van der Waals surface area contributed by atoms with Gasteiger partial charge in [0.05, 0.1) is 6.04 Å². The summed E-state index contributed by atoms with van der Waals surface area (Å²) in [5.74, 6) is 0.395. The third kappa shape index (κ3) is 4.03. The molecule has 0 radical (unpaired) electrons. The number of hydrogen-bond acceptors (Lipinski definition) is 2. The molecule has 1 heterocycles. The van der Waals surface area contributed by atoms with Gasteiger partial charge >= 0.3 is 6.03 Å². The lowest BCUT2D eigenvalue weighted by molar-refractivity contribution is -0.124. The number of carbonyl (C=O) groups is 2. The minimum absolute atomic E-state index is 0.0188. The maximum atomic E-state index is 12.4. The topological polar surface area (TPSA) is 70.2 Å². The third-order valence-corrected chi connectivity index (χ3v) is 4.91. The summed E-state index contributed by atoms with van der Waals surface area (Å²) in [4.78, 5) is 24.2. The number of urea groups is 1. The molecule has 1 saturated carbocycles. The molecule has 0 unspecified atom stereocenters. The minimum Gasteiger partial charge on any atom is -0.354 e. The fourth-order valence-electron chi connectivity index (χ4n) is 3.68. The molecule has 2 atom stereocenters. The molecule has 1 aliphatic carbocycles. The largest absolute Gasteiger partial charge is 0.354 e. The van der Waals surface area contributed by atoms with Gasteiger partial charge in [0.1, 0.15) is 6.04 Å². The van der Waals surface area contributed by atoms with E-state index in [1.54, 1.807) is 0 Å². The van der Waals surface area contributed by atoms with Crippen molar-refractivity contribution in [3.8, 4) is 0 Å². The lowest BCUT2D eigenvalue weighted by atomic mass is 9.92. The van der Waals surface area contributed by atoms with Gasteiger partial charge in [-0.1, -0.05) is 43.2 Å². The first-order chi connectivity index (χ1) is 11.2. The van der Waals surface area contributed by atoms with E-state index in [1.807, 2.05) is 18.2 Å². The lowest BCUT2D eigenvalue weighted by Gasteiger charge is -2.28. The van der Waals surface area contributed by atoms with Crippen LogP contribution in [-0.4, -0.2) is 24.5 Å². The molecular weight excluding hydrogens is 290 g/mol. The average Bonchev–Trinajstić information content (AvgIpc) is 3.10. The number of rotatable bonds is 4. The quantitative estimate of drug-likeness (QED) is 0.799. The second kappa shape index (κ2) is 7.49. The maximum Gasteiger partial charge on any atom is 0.315 e. The normalized spacial score (nSPS) is 23.1. The van der Waals surface area contributed by atoms with Crippen LogP contribution in [0.25, 0.3) is 0 Å². The van der Waals surface area contributed by atoms with Gasteiger partial charge < -0.3 is 16.0 Å². The molecule has 1 aromatic rings. The van der Waals surface area contributed by atoms with Crippen molar-refractivity contribution in [3.63, 3.8) is 0 Å². The Kier molecular flexibility index (Phi) is 5.16. The number of benzene rings is 1. The highest BCUT2D eigenvalue weighted by atomic mass is 16.2. The fraction of sp³-hybridized carbons (Fsp3) is 0.556. The molecule has 1 aromatic carbocycles. The molecular formula is C18H25N3O2. The Hall–Kier alpha value is -2.04. The number of hydrogen-bond donors (Lipinski definition) is 3. The van der Waals surface area contributed by atoms with E-state index in [9.17, 15) is 9.59 Å². The van der Waals surface area contributed by atoms with E-state index in [1.165, 1.54) is 12.8 Å². The highest BCUT2D eigenvalue weighted by Gasteiger charge is 2.29. The molecule has 5 heteroatoms. The molecule has 1 aliphatic heterocycles. The van der Waals surface area contributed by atoms with Crippen molar-refractivity contribution in [2.75, 3.05) is 6.54 Å². The molecule has 124 valence electrons. The Labute approximate surface area is 137 Å². The molecule has 0 bridgehead atoms. The van der Waals surface area contributed by atoms with Gasteiger partial charge in [0.2, 0.25) is 5.91 Å². The Morgan fingerprint density at radius 2 is 1.83 bits per heavy atom. The summed E-state index contributed by atoms with van der Waals surface area (Å²) >= 11 is 0. The van der Waals surface area contributed by atoms with Crippen LogP contribution in [0.3, 0.4) is 0 Å². The van der Waals surface area contributed by atoms with Gasteiger partial charge in [-0.05, 0) is 37.2 Å². The van der Waals surface area contributed by atoms with Crippen molar-refractivity contribution in [1.82, 2.24) is 16.0 Å². The second-order valence-corrected chi connectivity index (χ2v) is 6.54. The van der Waals surface area contributed by atoms with Gasteiger partial charge in [-0.15, -0.1) is 0 Å². The summed E-state index contributed by atoms with van der Waals surface area (Å²) in [5.41, 5.74) is 1.14. The zero-order valence-electron chi connectivity index (χ0n) is 13.4. The van der Waals surface area contributed by atoms with E-state index < -0.39 is 6.04 Å². The van der Waals surface area contributed by atoms with Crippen LogP contribution in [-0.2, 0) is 4.79 Å². The first-order valence-electron chi connectivity index (χ1n) is 8.64. The van der Waals surface area contributed by atoms with Crippen LogP contribution >= 0.6 is 0 Å². The van der Waals surface area contributed by atoms with Crippen LogP contribution < -0.4 is 16.0 Å². The van der Waals surface area contributed by atoms with Gasteiger partial charge in [0.15, 0.2) is 0 Å². The van der Waals surface area contributed by atoms with E-state index >= 15 is 0 Å². The number of carbonyl (C=O) groups excluding carboxylic acids is 2. The van der Waals surface area contributed by atoms with Crippen LogP contribution in [0.15, 0.2) is 30.3 Å². The van der Waals surface area contributed by atoms with Crippen molar-refractivity contribution in [3.05, 3.63) is 35.9 Å². The monoisotopic (exact) mass is 315 g/mol. The zero-order chi connectivity index (χ0) is 16.1. The third-order valence-electron chi connectivity index (χ3n) is 4.91. The first-order valence-corrected chi connectivity index (χ1v) is 8.64. The molecule has 2 fully saturated rings. The summed E-state index contributed by atoms with van der Waals surface area (Å²) in [7, 11) is 0. The maximum absolute atomic E-state index is 12.4. The highest BCUT2D eigenvalue weighted by Crippen LogP contribution is 2.35. The van der Waals surface area contributed by atoms with Crippen molar-refractivity contribution in [2.45, 2.75) is 50.6 Å². The predicted molar refractivity (Wildman–Crippen MR) is 88.8 cm³/mol. The molecule has 1 saturated heterocycles. The van der Waals surface area contributed by atoms with Crippen LogP contribution in [0.5, 0.6) is 0 Å². The number of piperidine rings is 1. The second-order valence-electron chi connectivity index (χ2n) is 6.54. The van der Waals surface area contributed by atoms with Crippen molar-refractivity contribution >= 4 is 11.9 Å². The molecule has 3 amide bonds. The van der Waals surface area contributed by atoms with Gasteiger partial charge in [0.25, 0.3) is 0 Å².